The van der Waals surface area contributed by atoms with Crippen LogP contribution in [0.15, 0.2) is 18.2 Å². The normalized spacial score (nSPS) is 23.2. The molecule has 0 spiro atoms. The largest absolute Gasteiger partial charge is 0.366 e. The number of sulfonamides is 1. The third-order valence-corrected chi connectivity index (χ3v) is 6.82. The average Bonchev–Trinajstić information content (AvgIpc) is 3.27. The maximum absolute atomic E-state index is 12.6. The molecule has 10 heteroatoms. The van der Waals surface area contributed by atoms with Crippen molar-refractivity contribution in [3.8, 4) is 0 Å². The van der Waals surface area contributed by atoms with E-state index in [1.54, 1.807) is 4.90 Å². The van der Waals surface area contributed by atoms with Gasteiger partial charge in [-0.05, 0) is 37.5 Å². The summed E-state index contributed by atoms with van der Waals surface area (Å²) >= 11 is 5.88. The second-order valence-corrected chi connectivity index (χ2v) is 8.92. The highest BCUT2D eigenvalue weighted by Gasteiger charge is 2.39. The van der Waals surface area contributed by atoms with Gasteiger partial charge in [0.25, 0.3) is 0 Å². The Balaban J connectivity index is 1.68. The van der Waals surface area contributed by atoms with Crippen molar-refractivity contribution in [3.05, 3.63) is 28.8 Å². The summed E-state index contributed by atoms with van der Waals surface area (Å²) in [5, 5.41) is 2.42. The summed E-state index contributed by atoms with van der Waals surface area (Å²) in [7, 11) is -3.74. The molecule has 0 saturated carbocycles. The highest BCUT2D eigenvalue weighted by molar-refractivity contribution is 7.93. The van der Waals surface area contributed by atoms with Crippen LogP contribution in [0.25, 0.3) is 0 Å². The van der Waals surface area contributed by atoms with Gasteiger partial charge < -0.3 is 16.0 Å². The second-order valence-electron chi connectivity index (χ2n) is 6.56. The highest BCUT2D eigenvalue weighted by Crippen LogP contribution is 2.24. The van der Waals surface area contributed by atoms with Crippen molar-refractivity contribution in [1.82, 2.24) is 10.2 Å². The Morgan fingerprint density at radius 3 is 2.62 bits per heavy atom. The molecule has 2 aliphatic rings. The number of nitrogens with zero attached hydrogens (tertiary/aromatic N) is 1. The maximum atomic E-state index is 12.6. The monoisotopic (exact) mass is 400 g/mol. The van der Waals surface area contributed by atoms with Crippen LogP contribution >= 0.6 is 11.6 Å². The van der Waals surface area contributed by atoms with E-state index in [0.717, 1.165) is 25.9 Å². The van der Waals surface area contributed by atoms with E-state index >= 15 is 0 Å². The number of benzene rings is 1. The Hall–Kier alpha value is -1.84. The van der Waals surface area contributed by atoms with E-state index in [0.29, 0.717) is 0 Å². The number of anilines is 1. The van der Waals surface area contributed by atoms with Crippen molar-refractivity contribution in [2.75, 3.05) is 24.4 Å². The van der Waals surface area contributed by atoms with Crippen LogP contribution in [0.5, 0.6) is 0 Å². The molecule has 2 atom stereocenters. The Kier molecular flexibility index (Phi) is 5.40. The van der Waals surface area contributed by atoms with Crippen LogP contribution < -0.4 is 15.8 Å². The lowest BCUT2D eigenvalue weighted by molar-refractivity contribution is -0.131. The number of likely N-dealkylation sites (tertiary alicyclic amines) is 1. The number of nitrogens with two attached hydrogens (primary N) is 1. The quantitative estimate of drug-likeness (QED) is 0.665. The first kappa shape index (κ1) is 18.9. The van der Waals surface area contributed by atoms with Gasteiger partial charge in [0.2, 0.25) is 21.8 Å². The lowest BCUT2D eigenvalue weighted by Gasteiger charge is -2.20. The molecule has 26 heavy (non-hydrogen) atoms. The van der Waals surface area contributed by atoms with Gasteiger partial charge in [-0.15, -0.1) is 0 Å². The predicted octanol–water partition coefficient (Wildman–Crippen LogP) is 0.533. The minimum Gasteiger partial charge on any atom is -0.366 e. The van der Waals surface area contributed by atoms with E-state index < -0.39 is 27.2 Å². The average molecular weight is 401 g/mol. The zero-order chi connectivity index (χ0) is 18.9. The number of nitrogens with one attached hydrogen (secondary N) is 2. The van der Waals surface area contributed by atoms with Crippen LogP contribution in [0.2, 0.25) is 5.02 Å². The molecule has 1 aromatic carbocycles. The molecule has 2 saturated heterocycles. The van der Waals surface area contributed by atoms with Gasteiger partial charge in [0.1, 0.15) is 0 Å². The minimum atomic E-state index is -3.74. The molecule has 4 N–H and O–H groups in total. The van der Waals surface area contributed by atoms with Gasteiger partial charge in [-0.25, -0.2) is 8.42 Å². The molecule has 1 aromatic rings. The van der Waals surface area contributed by atoms with E-state index in [1.807, 2.05) is 0 Å². The predicted molar refractivity (Wildman–Crippen MR) is 98.5 cm³/mol. The van der Waals surface area contributed by atoms with Crippen molar-refractivity contribution < 1.29 is 18.0 Å². The topological polar surface area (TPSA) is 122 Å². The lowest BCUT2D eigenvalue weighted by Crippen LogP contribution is -2.42. The lowest BCUT2D eigenvalue weighted by atomic mass is 10.2. The summed E-state index contributed by atoms with van der Waals surface area (Å²) in [6.45, 7) is 1.65. The zero-order valence-corrected chi connectivity index (χ0v) is 15.6. The van der Waals surface area contributed by atoms with Crippen molar-refractivity contribution in [3.63, 3.8) is 0 Å². The number of carbonyl (C=O) groups excluding carboxylic acids is 2. The van der Waals surface area contributed by atoms with Gasteiger partial charge in [0.05, 0.1) is 21.9 Å². The Morgan fingerprint density at radius 1 is 1.27 bits per heavy atom. The smallest absolute Gasteiger partial charge is 0.250 e. The van der Waals surface area contributed by atoms with Crippen LogP contribution in [-0.4, -0.2) is 56.1 Å². The van der Waals surface area contributed by atoms with Gasteiger partial charge in [-0.1, -0.05) is 11.6 Å². The van der Waals surface area contributed by atoms with Crippen molar-refractivity contribution in [2.45, 2.75) is 30.6 Å². The van der Waals surface area contributed by atoms with Gasteiger partial charge in [0.15, 0.2) is 0 Å². The van der Waals surface area contributed by atoms with Crippen molar-refractivity contribution in [2.24, 2.45) is 5.73 Å². The fourth-order valence-corrected chi connectivity index (χ4v) is 4.91. The van der Waals surface area contributed by atoms with Gasteiger partial charge in [-0.3, -0.25) is 14.3 Å². The van der Waals surface area contributed by atoms with Gasteiger partial charge >= 0.3 is 0 Å². The van der Waals surface area contributed by atoms with Crippen LogP contribution in [0, 0.1) is 0 Å². The molecule has 8 nitrogen and oxygen atoms in total. The van der Waals surface area contributed by atoms with Crippen molar-refractivity contribution >= 4 is 39.1 Å². The summed E-state index contributed by atoms with van der Waals surface area (Å²) in [5.41, 5.74) is 5.47. The molecule has 2 unspecified atom stereocenters. The third-order valence-electron chi connectivity index (χ3n) is 4.74. The summed E-state index contributed by atoms with van der Waals surface area (Å²) < 4.78 is 27.7. The molecule has 0 radical (unpaired) electrons. The first-order valence-corrected chi connectivity index (χ1v) is 10.3. The van der Waals surface area contributed by atoms with Crippen LogP contribution in [-0.2, 0) is 14.8 Å². The van der Waals surface area contributed by atoms with Crippen LogP contribution in [0.3, 0.4) is 0 Å². The SMILES string of the molecule is NC(=O)c1cc(NS(=O)(=O)C2CNC(C(=O)N3CCCC3)C2)ccc1Cl. The van der Waals surface area contributed by atoms with Crippen molar-refractivity contribution in [1.29, 1.82) is 0 Å². The molecule has 2 heterocycles. The first-order valence-electron chi connectivity index (χ1n) is 8.41. The fraction of sp³-hybridized carbons (Fsp3) is 0.500. The molecule has 0 bridgehead atoms. The number of carbonyl (C=O) groups is 2. The summed E-state index contributed by atoms with van der Waals surface area (Å²) in [4.78, 5) is 25.5. The number of hydrogen-bond acceptors (Lipinski definition) is 5. The third kappa shape index (κ3) is 3.94. The number of primary amides is 1. The van der Waals surface area contributed by atoms with E-state index in [9.17, 15) is 18.0 Å². The number of amides is 2. The molecule has 142 valence electrons. The van der Waals surface area contributed by atoms with E-state index in [4.69, 9.17) is 17.3 Å². The molecule has 2 fully saturated rings. The summed E-state index contributed by atoms with van der Waals surface area (Å²) in [6, 6.07) is 3.69. The van der Waals surface area contributed by atoms with E-state index in [-0.39, 0.29) is 35.1 Å². The van der Waals surface area contributed by atoms with E-state index in [2.05, 4.69) is 10.0 Å². The molecule has 2 aliphatic heterocycles. The molecular weight excluding hydrogens is 380 g/mol. The molecule has 3 rings (SSSR count). The number of rotatable bonds is 5. The second kappa shape index (κ2) is 7.42. The summed E-state index contributed by atoms with van der Waals surface area (Å²) in [5.74, 6) is -0.780. The molecule has 2 amide bonds. The zero-order valence-electron chi connectivity index (χ0n) is 14.1. The van der Waals surface area contributed by atoms with E-state index in [1.165, 1.54) is 18.2 Å². The van der Waals surface area contributed by atoms with Gasteiger partial charge in [-0.2, -0.15) is 0 Å². The number of hydrogen-bond donors (Lipinski definition) is 3. The fourth-order valence-electron chi connectivity index (χ4n) is 3.31. The Bertz CT molecular complexity index is 824. The van der Waals surface area contributed by atoms with Crippen LogP contribution in [0.1, 0.15) is 29.6 Å². The molecule has 0 aromatic heterocycles. The molecule has 0 aliphatic carbocycles. The first-order chi connectivity index (χ1) is 12.3. The van der Waals surface area contributed by atoms with Gasteiger partial charge in [0, 0.05) is 25.3 Å². The summed E-state index contributed by atoms with van der Waals surface area (Å²) in [6.07, 6.45) is 2.18. The maximum Gasteiger partial charge on any atom is 0.250 e. The Labute approximate surface area is 157 Å². The molecular formula is C16H21ClN4O4S. The standard InChI is InChI=1S/C16H21ClN4O4S/c17-13-4-3-10(7-12(13)15(18)22)20-26(24,25)11-8-14(19-9-11)16(23)21-5-1-2-6-21/h3-4,7,11,14,19-20H,1-2,5-6,8-9H2,(H2,18,22). The number of halogens is 1. The Morgan fingerprint density at radius 2 is 1.96 bits per heavy atom. The highest BCUT2D eigenvalue weighted by atomic mass is 35.5. The minimum absolute atomic E-state index is 0.0392. The van der Waals surface area contributed by atoms with Crippen LogP contribution in [0.4, 0.5) is 5.69 Å².